The molecule has 0 bridgehead atoms. The number of pyridine rings is 1. The van der Waals surface area contributed by atoms with Crippen LogP contribution in [0, 0.1) is 0 Å². The van der Waals surface area contributed by atoms with Crippen LogP contribution in [0.3, 0.4) is 0 Å². The summed E-state index contributed by atoms with van der Waals surface area (Å²) in [4.78, 5) is 20.3. The van der Waals surface area contributed by atoms with Crippen LogP contribution in [0.5, 0.6) is 0 Å². The van der Waals surface area contributed by atoms with Gasteiger partial charge in [0.25, 0.3) is 5.91 Å². The number of imidazole rings is 1. The van der Waals surface area contributed by atoms with E-state index in [4.69, 9.17) is 4.98 Å². The first kappa shape index (κ1) is 19.6. The van der Waals surface area contributed by atoms with E-state index in [-0.39, 0.29) is 11.9 Å². The molecule has 6 nitrogen and oxygen atoms in total. The maximum Gasteiger partial charge on any atom is 0.282 e. The zero-order valence-corrected chi connectivity index (χ0v) is 17.3. The van der Waals surface area contributed by atoms with Crippen molar-refractivity contribution in [2.24, 2.45) is 0 Å². The molecule has 6 heteroatoms. The fourth-order valence-electron chi connectivity index (χ4n) is 4.12. The zero-order valence-electron chi connectivity index (χ0n) is 17.3. The van der Waals surface area contributed by atoms with Gasteiger partial charge in [-0.15, -0.1) is 0 Å². The van der Waals surface area contributed by atoms with Crippen molar-refractivity contribution in [3.05, 3.63) is 66.1 Å². The number of anilines is 1. The van der Waals surface area contributed by atoms with Gasteiger partial charge in [-0.2, -0.15) is 0 Å². The van der Waals surface area contributed by atoms with Crippen molar-refractivity contribution < 1.29 is 14.6 Å². The molecule has 1 saturated heterocycles. The molecule has 2 aromatic heterocycles. The number of aromatic nitrogens is 2. The van der Waals surface area contributed by atoms with E-state index in [1.54, 1.807) is 4.90 Å². The second-order valence-electron chi connectivity index (χ2n) is 8.04. The lowest BCUT2D eigenvalue weighted by Crippen LogP contribution is -3.29. The third-order valence-corrected chi connectivity index (χ3v) is 6.08. The lowest BCUT2D eigenvalue weighted by atomic mass is 10.1. The van der Waals surface area contributed by atoms with Gasteiger partial charge in [-0.25, -0.2) is 4.98 Å². The number of amides is 1. The summed E-state index contributed by atoms with van der Waals surface area (Å²) in [6.45, 7) is 9.25. The Kier molecular flexibility index (Phi) is 5.92. The van der Waals surface area contributed by atoms with Gasteiger partial charge in [0.1, 0.15) is 44.1 Å². The molecule has 1 aromatic carbocycles. The molecular formula is C23H31N5O+2. The normalized spacial score (nSPS) is 20.5. The van der Waals surface area contributed by atoms with E-state index in [1.165, 1.54) is 10.5 Å². The Morgan fingerprint density at radius 3 is 2.59 bits per heavy atom. The number of nitrogens with one attached hydrogen (secondary N) is 3. The first-order valence-electron chi connectivity index (χ1n) is 10.6. The molecule has 3 N–H and O–H groups in total. The van der Waals surface area contributed by atoms with Crippen molar-refractivity contribution in [2.45, 2.75) is 32.9 Å². The number of piperazine rings is 1. The molecule has 3 heterocycles. The summed E-state index contributed by atoms with van der Waals surface area (Å²) in [5.74, 6) is 0.105. The number of rotatable bonds is 6. The van der Waals surface area contributed by atoms with Gasteiger partial charge < -0.3 is 19.5 Å². The molecule has 1 amide bonds. The standard InChI is InChI=1S/C23H29N5O/c1-3-19-7-9-20(10-8-19)25-23(29)18(2)27-14-12-26(13-15-27)16-21-17-28-11-5-4-6-22(28)24-21/h4-11,17-18H,3,12-16H2,1-2H3,(H,25,29)/p+2/t18-/m1/s1. The van der Waals surface area contributed by atoms with Crippen LogP contribution in [0.4, 0.5) is 5.69 Å². The Morgan fingerprint density at radius 2 is 1.90 bits per heavy atom. The number of benzene rings is 1. The first-order chi connectivity index (χ1) is 14.1. The van der Waals surface area contributed by atoms with Gasteiger partial charge in [-0.3, -0.25) is 4.79 Å². The predicted octanol–water partition coefficient (Wildman–Crippen LogP) is 0.207. The minimum Gasteiger partial charge on any atom is -0.321 e. The molecular weight excluding hydrogens is 362 g/mol. The summed E-state index contributed by atoms with van der Waals surface area (Å²) >= 11 is 0. The summed E-state index contributed by atoms with van der Waals surface area (Å²) in [7, 11) is 0. The van der Waals surface area contributed by atoms with Gasteiger partial charge in [-0.05, 0) is 43.2 Å². The Labute approximate surface area is 172 Å². The van der Waals surface area contributed by atoms with Crippen molar-refractivity contribution in [2.75, 3.05) is 31.5 Å². The first-order valence-corrected chi connectivity index (χ1v) is 10.6. The quantitative estimate of drug-likeness (QED) is 0.561. The van der Waals surface area contributed by atoms with Crippen molar-refractivity contribution in [1.82, 2.24) is 9.38 Å². The van der Waals surface area contributed by atoms with Crippen molar-refractivity contribution in [3.63, 3.8) is 0 Å². The Hall–Kier alpha value is -2.70. The molecule has 3 aromatic rings. The summed E-state index contributed by atoms with van der Waals surface area (Å²) in [6.07, 6.45) is 5.18. The largest absolute Gasteiger partial charge is 0.321 e. The number of nitrogens with zero attached hydrogens (tertiary/aromatic N) is 2. The van der Waals surface area contributed by atoms with Crippen LogP contribution in [-0.2, 0) is 17.8 Å². The van der Waals surface area contributed by atoms with Crippen LogP contribution < -0.4 is 15.1 Å². The lowest BCUT2D eigenvalue weighted by Gasteiger charge is -2.32. The second-order valence-corrected chi connectivity index (χ2v) is 8.04. The number of fused-ring (bicyclic) bond motifs is 1. The molecule has 152 valence electrons. The van der Waals surface area contributed by atoms with Crippen LogP contribution >= 0.6 is 0 Å². The topological polar surface area (TPSA) is 55.3 Å². The maximum atomic E-state index is 12.7. The van der Waals surface area contributed by atoms with Gasteiger partial charge in [-0.1, -0.05) is 25.1 Å². The molecule has 0 saturated carbocycles. The smallest absolute Gasteiger partial charge is 0.282 e. The lowest BCUT2D eigenvalue weighted by molar-refractivity contribution is -1.02. The second kappa shape index (κ2) is 8.76. The molecule has 1 aliphatic heterocycles. The van der Waals surface area contributed by atoms with Gasteiger partial charge in [0.05, 0.1) is 0 Å². The average molecular weight is 394 g/mol. The predicted molar refractivity (Wildman–Crippen MR) is 114 cm³/mol. The molecule has 4 rings (SSSR count). The molecule has 29 heavy (non-hydrogen) atoms. The highest BCUT2D eigenvalue weighted by atomic mass is 16.2. The van der Waals surface area contributed by atoms with Gasteiger partial charge in [0.15, 0.2) is 6.04 Å². The van der Waals surface area contributed by atoms with Crippen molar-refractivity contribution in [1.29, 1.82) is 0 Å². The van der Waals surface area contributed by atoms with Crippen molar-refractivity contribution >= 4 is 17.2 Å². The molecule has 0 radical (unpaired) electrons. The van der Waals surface area contributed by atoms with E-state index in [0.717, 1.165) is 56.2 Å². The van der Waals surface area contributed by atoms with Crippen LogP contribution in [0.1, 0.15) is 25.1 Å². The highest BCUT2D eigenvalue weighted by Crippen LogP contribution is 2.10. The van der Waals surface area contributed by atoms with E-state index < -0.39 is 0 Å². The number of hydrogen-bond donors (Lipinski definition) is 3. The minimum absolute atomic E-state index is 0.0439. The highest BCUT2D eigenvalue weighted by Gasteiger charge is 2.31. The monoisotopic (exact) mass is 393 g/mol. The number of carbonyl (C=O) groups is 1. The summed E-state index contributed by atoms with van der Waals surface area (Å²) in [5.41, 5.74) is 4.31. The third-order valence-electron chi connectivity index (χ3n) is 6.08. The molecule has 1 aliphatic rings. The van der Waals surface area contributed by atoms with Crippen LogP contribution in [0.25, 0.3) is 5.65 Å². The number of aryl methyl sites for hydroxylation is 1. The summed E-state index contributed by atoms with van der Waals surface area (Å²) < 4.78 is 2.08. The molecule has 1 atom stereocenters. The highest BCUT2D eigenvalue weighted by molar-refractivity contribution is 5.93. The van der Waals surface area contributed by atoms with Crippen molar-refractivity contribution in [3.8, 4) is 0 Å². The fraction of sp³-hybridized carbons (Fsp3) is 0.391. The van der Waals surface area contributed by atoms with E-state index in [0.29, 0.717) is 0 Å². The average Bonchev–Trinajstić information content (AvgIpc) is 3.16. The van der Waals surface area contributed by atoms with Crippen LogP contribution in [0.2, 0.25) is 0 Å². The van der Waals surface area contributed by atoms with E-state index in [1.807, 2.05) is 43.5 Å². The Balaban J connectivity index is 1.28. The molecule has 0 aliphatic carbocycles. The SMILES string of the molecule is CCc1ccc(NC(=O)[C@@H](C)[NH+]2CC[NH+](Cc3cn4ccccc4n3)CC2)cc1. The molecule has 1 fully saturated rings. The van der Waals surface area contributed by atoms with E-state index in [2.05, 4.69) is 35.0 Å². The van der Waals surface area contributed by atoms with Crippen LogP contribution in [0.15, 0.2) is 54.9 Å². The van der Waals surface area contributed by atoms with Gasteiger partial charge >= 0.3 is 0 Å². The number of quaternary nitrogens is 2. The fourth-order valence-corrected chi connectivity index (χ4v) is 4.12. The maximum absolute atomic E-state index is 12.7. The van der Waals surface area contributed by atoms with Gasteiger partial charge in [0.2, 0.25) is 0 Å². The number of carbonyl (C=O) groups excluding carboxylic acids is 1. The minimum atomic E-state index is -0.0439. The van der Waals surface area contributed by atoms with Gasteiger partial charge in [0, 0.05) is 18.1 Å². The molecule has 0 unspecified atom stereocenters. The molecule has 0 spiro atoms. The van der Waals surface area contributed by atoms with E-state index >= 15 is 0 Å². The summed E-state index contributed by atoms with van der Waals surface area (Å²) in [5, 5.41) is 3.08. The Bertz CT molecular complexity index is 924. The van der Waals surface area contributed by atoms with Crippen LogP contribution in [-0.4, -0.2) is 47.5 Å². The zero-order chi connectivity index (χ0) is 20.2. The Morgan fingerprint density at radius 1 is 1.14 bits per heavy atom. The van der Waals surface area contributed by atoms with E-state index in [9.17, 15) is 4.79 Å². The third kappa shape index (κ3) is 4.66. The number of hydrogen-bond acceptors (Lipinski definition) is 2. The summed E-state index contributed by atoms with van der Waals surface area (Å²) in [6, 6.07) is 14.2.